The van der Waals surface area contributed by atoms with E-state index in [9.17, 15) is 23.2 Å². The maximum absolute atomic E-state index is 13.5. The second-order valence-corrected chi connectivity index (χ2v) is 9.86. The van der Waals surface area contributed by atoms with Crippen LogP contribution in [0.1, 0.15) is 18.1 Å². The van der Waals surface area contributed by atoms with Gasteiger partial charge >= 0.3 is 0 Å². The summed E-state index contributed by atoms with van der Waals surface area (Å²) in [5.41, 5.74) is 1.40. The van der Waals surface area contributed by atoms with Crippen molar-refractivity contribution in [1.29, 1.82) is 0 Å². The van der Waals surface area contributed by atoms with Crippen LogP contribution in [0.5, 0.6) is 11.5 Å². The van der Waals surface area contributed by atoms with Crippen LogP contribution >= 0.6 is 27.7 Å². The Morgan fingerprint density at radius 3 is 2.50 bits per heavy atom. The highest BCUT2D eigenvalue weighted by atomic mass is 79.9. The van der Waals surface area contributed by atoms with Crippen molar-refractivity contribution in [2.24, 2.45) is 0 Å². The molecule has 11 heteroatoms. The van der Waals surface area contributed by atoms with Crippen LogP contribution in [-0.4, -0.2) is 35.1 Å². The third-order valence-corrected chi connectivity index (χ3v) is 6.68. The number of halogens is 3. The number of nitrogens with one attached hydrogen (secondary N) is 1. The van der Waals surface area contributed by atoms with E-state index in [-0.39, 0.29) is 23.0 Å². The van der Waals surface area contributed by atoms with Gasteiger partial charge in [0.25, 0.3) is 11.1 Å². The van der Waals surface area contributed by atoms with Gasteiger partial charge in [0.1, 0.15) is 24.8 Å². The van der Waals surface area contributed by atoms with Gasteiger partial charge in [0.05, 0.1) is 16.0 Å². The predicted molar refractivity (Wildman–Crippen MR) is 144 cm³/mol. The minimum atomic E-state index is -0.639. The number of thioether (sulfide) groups is 1. The van der Waals surface area contributed by atoms with Crippen LogP contribution in [0.3, 0.4) is 0 Å². The molecule has 1 saturated heterocycles. The van der Waals surface area contributed by atoms with E-state index in [4.69, 9.17) is 9.47 Å². The van der Waals surface area contributed by atoms with Crippen LogP contribution in [0.15, 0.2) is 70.0 Å². The number of carbonyl (C=O) groups is 3. The number of anilines is 1. The average molecular weight is 603 g/mol. The molecule has 4 rings (SSSR count). The molecule has 0 aliphatic carbocycles. The summed E-state index contributed by atoms with van der Waals surface area (Å²) in [7, 11) is 0. The zero-order chi connectivity index (χ0) is 27.2. The number of carbonyl (C=O) groups excluding carboxylic acids is 3. The van der Waals surface area contributed by atoms with E-state index in [1.165, 1.54) is 36.4 Å². The van der Waals surface area contributed by atoms with Crippen molar-refractivity contribution in [3.8, 4) is 11.5 Å². The van der Waals surface area contributed by atoms with Crippen molar-refractivity contribution in [3.63, 3.8) is 0 Å². The molecule has 7 nitrogen and oxygen atoms in total. The number of hydrogen-bond acceptors (Lipinski definition) is 6. The number of benzene rings is 3. The summed E-state index contributed by atoms with van der Waals surface area (Å²) in [6, 6.07) is 14.7. The molecular weight excluding hydrogens is 582 g/mol. The van der Waals surface area contributed by atoms with Gasteiger partial charge in [-0.3, -0.25) is 19.3 Å². The molecule has 1 fully saturated rings. The molecule has 1 heterocycles. The zero-order valence-electron chi connectivity index (χ0n) is 20.0. The van der Waals surface area contributed by atoms with Crippen LogP contribution in [0.2, 0.25) is 0 Å². The summed E-state index contributed by atoms with van der Waals surface area (Å²) in [6.07, 6.45) is 1.51. The molecule has 0 atom stereocenters. The summed E-state index contributed by atoms with van der Waals surface area (Å²) < 4.78 is 39.0. The summed E-state index contributed by atoms with van der Waals surface area (Å²) in [6.45, 7) is 1.73. The van der Waals surface area contributed by atoms with Gasteiger partial charge in [0, 0.05) is 5.69 Å². The highest BCUT2D eigenvalue weighted by molar-refractivity contribution is 9.10. The SMILES string of the molecule is CCOc1cc(/C=C2/SC(=O)N(CC(=O)Nc3cccc(F)c3)C2=O)cc(Br)c1OCc1cccc(F)c1. The first kappa shape index (κ1) is 27.3. The lowest BCUT2D eigenvalue weighted by atomic mass is 10.1. The number of amides is 3. The number of imide groups is 1. The molecule has 3 aromatic carbocycles. The first-order valence-corrected chi connectivity index (χ1v) is 13.0. The summed E-state index contributed by atoms with van der Waals surface area (Å²) in [4.78, 5) is 38.7. The standard InChI is InChI=1S/C27H21BrF2N2O5S/c1-2-36-22-11-17(10-21(28)25(22)37-15-16-5-3-6-18(29)9-16)12-23-26(34)32(27(35)38-23)14-24(33)31-20-8-4-7-19(30)13-20/h3-13H,2,14-15H2,1H3,(H,31,33)/b23-12+. The Hall–Kier alpha value is -3.70. The highest BCUT2D eigenvalue weighted by Crippen LogP contribution is 2.39. The molecule has 3 aromatic rings. The Labute approximate surface area is 229 Å². The molecule has 38 heavy (non-hydrogen) atoms. The van der Waals surface area contributed by atoms with Crippen LogP contribution in [0.25, 0.3) is 6.08 Å². The van der Waals surface area contributed by atoms with Gasteiger partial charge in [-0.05, 0) is 94.3 Å². The summed E-state index contributed by atoms with van der Waals surface area (Å²) >= 11 is 4.16. The normalized spacial score (nSPS) is 14.2. The second kappa shape index (κ2) is 12.2. The van der Waals surface area contributed by atoms with Gasteiger partial charge in [-0.1, -0.05) is 18.2 Å². The van der Waals surface area contributed by atoms with Crippen molar-refractivity contribution in [2.45, 2.75) is 13.5 Å². The molecule has 1 aliphatic heterocycles. The Morgan fingerprint density at radius 1 is 1.05 bits per heavy atom. The lowest BCUT2D eigenvalue weighted by Crippen LogP contribution is -2.36. The zero-order valence-corrected chi connectivity index (χ0v) is 22.4. The van der Waals surface area contributed by atoms with E-state index in [2.05, 4.69) is 21.2 Å². The minimum Gasteiger partial charge on any atom is -0.490 e. The smallest absolute Gasteiger partial charge is 0.294 e. The van der Waals surface area contributed by atoms with Gasteiger partial charge in [-0.15, -0.1) is 0 Å². The molecule has 0 aromatic heterocycles. The van der Waals surface area contributed by atoms with E-state index in [0.717, 1.165) is 11.0 Å². The molecule has 0 unspecified atom stereocenters. The molecule has 196 valence electrons. The second-order valence-electron chi connectivity index (χ2n) is 8.01. The van der Waals surface area contributed by atoms with E-state index < -0.39 is 29.4 Å². The third kappa shape index (κ3) is 6.78. The van der Waals surface area contributed by atoms with Gasteiger partial charge in [0.15, 0.2) is 11.5 Å². The van der Waals surface area contributed by atoms with Crippen LogP contribution in [-0.2, 0) is 16.2 Å². The fourth-order valence-electron chi connectivity index (χ4n) is 3.55. The topological polar surface area (TPSA) is 84.9 Å². The van der Waals surface area contributed by atoms with E-state index in [1.807, 2.05) is 0 Å². The Balaban J connectivity index is 1.49. The number of nitrogens with zero attached hydrogens (tertiary/aromatic N) is 1. The van der Waals surface area contributed by atoms with Gasteiger partial charge in [-0.2, -0.15) is 0 Å². The van der Waals surface area contributed by atoms with Crippen LogP contribution in [0, 0.1) is 11.6 Å². The summed E-state index contributed by atoms with van der Waals surface area (Å²) in [5, 5.41) is 1.86. The molecular formula is C27H21BrF2N2O5S. The molecule has 1 N–H and O–H groups in total. The Morgan fingerprint density at radius 2 is 1.79 bits per heavy atom. The molecule has 1 aliphatic rings. The lowest BCUT2D eigenvalue weighted by molar-refractivity contribution is -0.127. The van der Waals surface area contributed by atoms with Crippen molar-refractivity contribution in [1.82, 2.24) is 4.90 Å². The monoisotopic (exact) mass is 602 g/mol. The molecule has 0 saturated carbocycles. The van der Waals surface area contributed by atoms with Gasteiger partial charge < -0.3 is 14.8 Å². The summed E-state index contributed by atoms with van der Waals surface area (Å²) in [5.74, 6) is -1.38. The van der Waals surface area contributed by atoms with Gasteiger partial charge in [0.2, 0.25) is 5.91 Å². The maximum Gasteiger partial charge on any atom is 0.294 e. The number of rotatable bonds is 9. The molecule has 0 radical (unpaired) electrons. The highest BCUT2D eigenvalue weighted by Gasteiger charge is 2.36. The minimum absolute atomic E-state index is 0.104. The van der Waals surface area contributed by atoms with E-state index in [1.54, 1.807) is 31.2 Å². The van der Waals surface area contributed by atoms with E-state index in [0.29, 0.717) is 45.5 Å². The number of hydrogen-bond donors (Lipinski definition) is 1. The predicted octanol–water partition coefficient (Wildman–Crippen LogP) is 6.38. The van der Waals surface area contributed by atoms with Crippen LogP contribution in [0.4, 0.5) is 19.3 Å². The van der Waals surface area contributed by atoms with Crippen molar-refractivity contribution < 1.29 is 32.6 Å². The maximum atomic E-state index is 13.5. The quantitative estimate of drug-likeness (QED) is 0.286. The van der Waals surface area contributed by atoms with E-state index >= 15 is 0 Å². The number of ether oxygens (including phenoxy) is 2. The van der Waals surface area contributed by atoms with Gasteiger partial charge in [-0.25, -0.2) is 8.78 Å². The third-order valence-electron chi connectivity index (χ3n) is 5.19. The lowest BCUT2D eigenvalue weighted by Gasteiger charge is -2.15. The fraction of sp³-hybridized carbons (Fsp3) is 0.148. The van der Waals surface area contributed by atoms with Crippen molar-refractivity contribution in [3.05, 3.63) is 92.8 Å². The first-order valence-electron chi connectivity index (χ1n) is 11.4. The Kier molecular flexibility index (Phi) is 8.80. The Bertz CT molecular complexity index is 1430. The molecule has 3 amide bonds. The largest absolute Gasteiger partial charge is 0.490 e. The molecule has 0 spiro atoms. The molecule has 0 bridgehead atoms. The first-order chi connectivity index (χ1) is 18.2. The van der Waals surface area contributed by atoms with Crippen molar-refractivity contribution in [2.75, 3.05) is 18.5 Å². The van der Waals surface area contributed by atoms with Crippen molar-refractivity contribution >= 4 is 56.5 Å². The fourth-order valence-corrected chi connectivity index (χ4v) is 4.97. The average Bonchev–Trinajstić information content (AvgIpc) is 3.11. The van der Waals surface area contributed by atoms with Crippen LogP contribution < -0.4 is 14.8 Å².